The van der Waals surface area contributed by atoms with Crippen LogP contribution in [0.3, 0.4) is 0 Å². The van der Waals surface area contributed by atoms with Crippen molar-refractivity contribution >= 4 is 34.9 Å². The van der Waals surface area contributed by atoms with Crippen molar-refractivity contribution in [1.82, 2.24) is 10.6 Å². The van der Waals surface area contributed by atoms with Gasteiger partial charge in [-0.3, -0.25) is 0 Å². The number of halogens is 1. The Bertz CT molecular complexity index is 468. The smallest absolute Gasteiger partial charge is 0.326 e. The van der Waals surface area contributed by atoms with Crippen molar-refractivity contribution in [2.45, 2.75) is 33.4 Å². The highest BCUT2D eigenvalue weighted by atomic mass is 35.5. The number of carbonyl (C=O) groups excluding carboxylic acids is 1. The summed E-state index contributed by atoms with van der Waals surface area (Å²) in [4.78, 5) is 23.7. The molecule has 3 N–H and O–H groups in total. The fraction of sp³-hybridized carbons (Fsp3) is 0.500. The molecule has 0 spiro atoms. The Labute approximate surface area is 121 Å². The predicted molar refractivity (Wildman–Crippen MR) is 75.6 cm³/mol. The molecule has 0 saturated heterocycles. The van der Waals surface area contributed by atoms with Crippen LogP contribution in [0.1, 0.15) is 25.6 Å². The Kier molecular flexibility index (Phi) is 5.20. The molecule has 0 saturated carbocycles. The van der Waals surface area contributed by atoms with Crippen LogP contribution in [0.5, 0.6) is 0 Å². The summed E-state index contributed by atoms with van der Waals surface area (Å²) in [5.74, 6) is -1.05. The number of hydrogen-bond donors (Lipinski definition) is 3. The number of hydrogen-bond acceptors (Lipinski definition) is 3. The number of amides is 2. The summed E-state index contributed by atoms with van der Waals surface area (Å²) in [6.07, 6.45) is 0. The fourth-order valence-electron chi connectivity index (χ4n) is 1.44. The van der Waals surface area contributed by atoms with Gasteiger partial charge in [-0.05, 0) is 17.5 Å². The predicted octanol–water partition coefficient (Wildman–Crippen LogP) is 2.70. The molecule has 0 unspecified atom stereocenters. The molecule has 1 rings (SSSR count). The minimum atomic E-state index is -1.05. The van der Waals surface area contributed by atoms with E-state index in [0.29, 0.717) is 10.9 Å². The monoisotopic (exact) mass is 304 g/mol. The Hall–Kier alpha value is -1.27. The maximum atomic E-state index is 11.7. The number of nitrogens with one attached hydrogen (secondary N) is 2. The zero-order valence-electron chi connectivity index (χ0n) is 11.0. The fourth-order valence-corrected chi connectivity index (χ4v) is 2.47. The largest absolute Gasteiger partial charge is 0.480 e. The van der Waals surface area contributed by atoms with Gasteiger partial charge in [-0.25, -0.2) is 9.59 Å². The lowest BCUT2D eigenvalue weighted by molar-refractivity contribution is -0.141. The van der Waals surface area contributed by atoms with E-state index < -0.39 is 23.5 Å². The average molecular weight is 305 g/mol. The number of urea groups is 1. The maximum absolute atomic E-state index is 11.7. The molecule has 0 aliphatic heterocycles. The molecular formula is C12H17ClN2O3S. The minimum absolute atomic E-state index is 0.319. The molecule has 0 fully saturated rings. The molecule has 1 atom stereocenters. The first kappa shape index (κ1) is 15.8. The van der Waals surface area contributed by atoms with E-state index in [0.717, 1.165) is 4.88 Å². The van der Waals surface area contributed by atoms with E-state index in [4.69, 9.17) is 16.7 Å². The third-order valence-corrected chi connectivity index (χ3v) is 3.67. The number of rotatable bonds is 4. The zero-order chi connectivity index (χ0) is 14.6. The normalized spacial score (nSPS) is 12.8. The summed E-state index contributed by atoms with van der Waals surface area (Å²) < 4.78 is 0.648. The van der Waals surface area contributed by atoms with Crippen molar-refractivity contribution in [3.8, 4) is 0 Å². The van der Waals surface area contributed by atoms with Crippen molar-refractivity contribution in [3.63, 3.8) is 0 Å². The Morgan fingerprint density at radius 1 is 1.42 bits per heavy atom. The third-order valence-electron chi connectivity index (χ3n) is 2.44. The van der Waals surface area contributed by atoms with Crippen LogP contribution >= 0.6 is 22.9 Å². The van der Waals surface area contributed by atoms with Crippen LogP contribution in [0.2, 0.25) is 4.34 Å². The third kappa shape index (κ3) is 5.08. The van der Waals surface area contributed by atoms with Gasteiger partial charge in [0.1, 0.15) is 6.04 Å². The van der Waals surface area contributed by atoms with Crippen LogP contribution in [0.4, 0.5) is 4.79 Å². The number of carboxylic acid groups (broad SMARTS) is 1. The Balaban J connectivity index is 2.52. The van der Waals surface area contributed by atoms with Gasteiger partial charge in [-0.1, -0.05) is 32.4 Å². The highest BCUT2D eigenvalue weighted by molar-refractivity contribution is 7.16. The molecule has 2 amide bonds. The van der Waals surface area contributed by atoms with Crippen molar-refractivity contribution in [3.05, 3.63) is 21.3 Å². The van der Waals surface area contributed by atoms with Gasteiger partial charge in [-0.2, -0.15) is 0 Å². The molecule has 0 aliphatic carbocycles. The standard InChI is InChI=1S/C12H17ClN2O3S/c1-12(2,3)9(10(16)17)15-11(18)14-6-7-4-5-8(13)19-7/h4-5,9H,6H2,1-3H3,(H,16,17)(H2,14,15,18)/t9-/m0/s1. The van der Waals surface area contributed by atoms with E-state index in [1.54, 1.807) is 26.8 Å². The first-order valence-electron chi connectivity index (χ1n) is 5.71. The van der Waals surface area contributed by atoms with Gasteiger partial charge in [-0.15, -0.1) is 11.3 Å². The van der Waals surface area contributed by atoms with E-state index in [9.17, 15) is 9.59 Å². The number of carbonyl (C=O) groups is 2. The number of thiophene rings is 1. The van der Waals surface area contributed by atoms with Crippen LogP contribution in [-0.2, 0) is 11.3 Å². The molecule has 0 bridgehead atoms. The number of aliphatic carboxylic acids is 1. The van der Waals surface area contributed by atoms with Gasteiger partial charge in [0, 0.05) is 4.88 Å². The summed E-state index contributed by atoms with van der Waals surface area (Å²) in [6.45, 7) is 5.58. The van der Waals surface area contributed by atoms with Crippen LogP contribution < -0.4 is 10.6 Å². The van der Waals surface area contributed by atoms with Crippen LogP contribution in [0.25, 0.3) is 0 Å². The molecule has 1 aromatic rings. The van der Waals surface area contributed by atoms with Crippen LogP contribution in [-0.4, -0.2) is 23.1 Å². The Morgan fingerprint density at radius 3 is 2.47 bits per heavy atom. The maximum Gasteiger partial charge on any atom is 0.326 e. The first-order valence-corrected chi connectivity index (χ1v) is 6.91. The molecule has 19 heavy (non-hydrogen) atoms. The lowest BCUT2D eigenvalue weighted by atomic mass is 9.87. The molecule has 0 radical (unpaired) electrons. The topological polar surface area (TPSA) is 78.4 Å². The van der Waals surface area contributed by atoms with Crippen LogP contribution in [0, 0.1) is 5.41 Å². The molecule has 0 aliphatic rings. The van der Waals surface area contributed by atoms with E-state index >= 15 is 0 Å². The quantitative estimate of drug-likeness (QED) is 0.800. The molecular weight excluding hydrogens is 288 g/mol. The summed E-state index contributed by atoms with van der Waals surface area (Å²) in [5.41, 5.74) is -0.560. The van der Waals surface area contributed by atoms with Crippen molar-refractivity contribution in [2.24, 2.45) is 5.41 Å². The lowest BCUT2D eigenvalue weighted by Gasteiger charge is -2.27. The summed E-state index contributed by atoms with van der Waals surface area (Å²) in [5, 5.41) is 14.2. The SMILES string of the molecule is CC(C)(C)[C@@H](NC(=O)NCc1ccc(Cl)s1)C(=O)O. The van der Waals surface area contributed by atoms with E-state index in [-0.39, 0.29) is 0 Å². The lowest BCUT2D eigenvalue weighted by Crippen LogP contribution is -2.52. The second-order valence-corrected chi connectivity index (χ2v) is 6.97. The molecule has 106 valence electrons. The van der Waals surface area contributed by atoms with Crippen molar-refractivity contribution in [1.29, 1.82) is 0 Å². The minimum Gasteiger partial charge on any atom is -0.480 e. The second-order valence-electron chi connectivity index (χ2n) is 5.17. The van der Waals surface area contributed by atoms with E-state index in [2.05, 4.69) is 10.6 Å². The molecule has 1 aromatic heterocycles. The van der Waals surface area contributed by atoms with E-state index in [1.807, 2.05) is 6.07 Å². The highest BCUT2D eigenvalue weighted by Gasteiger charge is 2.32. The van der Waals surface area contributed by atoms with Gasteiger partial charge in [0.15, 0.2) is 0 Å². The summed E-state index contributed by atoms with van der Waals surface area (Å²) >= 11 is 7.14. The average Bonchev–Trinajstić information content (AvgIpc) is 2.67. The van der Waals surface area contributed by atoms with Gasteiger partial charge in [0.25, 0.3) is 0 Å². The second kappa shape index (κ2) is 6.25. The van der Waals surface area contributed by atoms with Gasteiger partial charge >= 0.3 is 12.0 Å². The summed E-state index contributed by atoms with van der Waals surface area (Å²) in [7, 11) is 0. The highest BCUT2D eigenvalue weighted by Crippen LogP contribution is 2.21. The van der Waals surface area contributed by atoms with Crippen LogP contribution in [0.15, 0.2) is 12.1 Å². The van der Waals surface area contributed by atoms with Gasteiger partial charge in [0.05, 0.1) is 10.9 Å². The van der Waals surface area contributed by atoms with Gasteiger partial charge in [0.2, 0.25) is 0 Å². The Morgan fingerprint density at radius 2 is 2.05 bits per heavy atom. The van der Waals surface area contributed by atoms with Crippen molar-refractivity contribution < 1.29 is 14.7 Å². The summed E-state index contributed by atoms with van der Waals surface area (Å²) in [6, 6.07) is 2.11. The first-order chi connectivity index (χ1) is 8.70. The number of carboxylic acids is 1. The molecule has 1 heterocycles. The molecule has 0 aromatic carbocycles. The van der Waals surface area contributed by atoms with Crippen molar-refractivity contribution in [2.75, 3.05) is 0 Å². The molecule has 5 nitrogen and oxygen atoms in total. The zero-order valence-corrected chi connectivity index (χ0v) is 12.6. The van der Waals surface area contributed by atoms with Gasteiger partial charge < -0.3 is 15.7 Å². The van der Waals surface area contributed by atoms with E-state index in [1.165, 1.54) is 11.3 Å². The molecule has 7 heteroatoms.